The Bertz CT molecular complexity index is 869. The molecule has 2 N–H and O–H groups in total. The number of pyridine rings is 1. The van der Waals surface area contributed by atoms with E-state index < -0.39 is 0 Å². The molecule has 0 unspecified atom stereocenters. The number of nitrogens with zero attached hydrogens (tertiary/aromatic N) is 4. The Kier molecular flexibility index (Phi) is 4.51. The topological polar surface area (TPSA) is 60.0 Å². The highest BCUT2D eigenvalue weighted by Gasteiger charge is 2.28. The number of hydrogen-bond donors (Lipinski definition) is 1. The lowest BCUT2D eigenvalue weighted by atomic mass is 10.0. The molecule has 5 heteroatoms. The van der Waals surface area contributed by atoms with E-state index >= 15 is 0 Å². The van der Waals surface area contributed by atoms with Crippen LogP contribution in [-0.4, -0.2) is 39.3 Å². The smallest absolute Gasteiger partial charge is 0.158 e. The molecule has 0 amide bonds. The molecular weight excluding hydrogens is 310 g/mol. The van der Waals surface area contributed by atoms with Crippen molar-refractivity contribution in [1.82, 2.24) is 19.7 Å². The largest absolute Gasteiger partial charge is 0.329 e. The summed E-state index contributed by atoms with van der Waals surface area (Å²) in [6, 6.07) is 12.9. The number of likely N-dealkylation sites (tertiary alicyclic amines) is 1. The number of benzene rings is 1. The van der Waals surface area contributed by atoms with Crippen LogP contribution in [-0.2, 0) is 13.1 Å². The lowest BCUT2D eigenvalue weighted by molar-refractivity contribution is 0.326. The van der Waals surface area contributed by atoms with Crippen LogP contribution in [0.15, 0.2) is 42.6 Å². The van der Waals surface area contributed by atoms with Gasteiger partial charge in [-0.3, -0.25) is 4.90 Å². The molecule has 4 rings (SSSR count). The van der Waals surface area contributed by atoms with E-state index in [-0.39, 0.29) is 0 Å². The first-order chi connectivity index (χ1) is 12.2. The summed E-state index contributed by atoms with van der Waals surface area (Å²) in [4.78, 5) is 7.05. The maximum Gasteiger partial charge on any atom is 0.158 e. The molecule has 3 aromatic rings. The zero-order valence-electron chi connectivity index (χ0n) is 14.7. The fourth-order valence-corrected chi connectivity index (χ4v) is 3.88. The molecular formula is C20H25N5. The molecule has 5 nitrogen and oxygen atoms in total. The van der Waals surface area contributed by atoms with Crippen LogP contribution in [0.25, 0.3) is 11.0 Å². The van der Waals surface area contributed by atoms with Gasteiger partial charge in [-0.1, -0.05) is 29.8 Å². The van der Waals surface area contributed by atoms with Gasteiger partial charge in [0.05, 0.1) is 12.2 Å². The van der Waals surface area contributed by atoms with Crippen LogP contribution in [0.2, 0.25) is 0 Å². The maximum atomic E-state index is 5.74. The molecule has 0 spiro atoms. The van der Waals surface area contributed by atoms with E-state index in [1.807, 2.05) is 16.9 Å². The first-order valence-electron chi connectivity index (χ1n) is 9.04. The Labute approximate surface area is 148 Å². The summed E-state index contributed by atoms with van der Waals surface area (Å²) in [5.74, 6) is 0.468. The van der Waals surface area contributed by atoms with E-state index in [0.717, 1.165) is 31.7 Å². The molecule has 3 heterocycles. The summed E-state index contributed by atoms with van der Waals surface area (Å²) in [5.41, 5.74) is 10.6. The predicted molar refractivity (Wildman–Crippen MR) is 100 cm³/mol. The van der Waals surface area contributed by atoms with Gasteiger partial charge < -0.3 is 5.73 Å². The number of hydrogen-bond acceptors (Lipinski definition) is 4. The number of aromatic nitrogens is 3. The van der Waals surface area contributed by atoms with Gasteiger partial charge >= 0.3 is 0 Å². The Balaban J connectivity index is 1.54. The molecule has 0 aliphatic carbocycles. The average molecular weight is 335 g/mol. The zero-order valence-corrected chi connectivity index (χ0v) is 14.7. The van der Waals surface area contributed by atoms with Crippen molar-refractivity contribution in [2.24, 2.45) is 5.73 Å². The Morgan fingerprint density at radius 1 is 1.24 bits per heavy atom. The van der Waals surface area contributed by atoms with Crippen molar-refractivity contribution in [2.75, 3.05) is 19.6 Å². The van der Waals surface area contributed by atoms with E-state index in [9.17, 15) is 0 Å². The standard InChI is InChI=1S/C20H25N5/c1-15-4-2-5-16(12-15)13-24-10-7-17(14-24)19-18-6-3-9-22-20(18)25(23-19)11-8-21/h2-6,9,12,17H,7-8,10-11,13-14,21H2,1H3/t17-/m1/s1. The van der Waals surface area contributed by atoms with E-state index in [4.69, 9.17) is 10.8 Å². The van der Waals surface area contributed by atoms with Gasteiger partial charge in [-0.25, -0.2) is 9.67 Å². The van der Waals surface area contributed by atoms with Gasteiger partial charge in [0.2, 0.25) is 0 Å². The monoisotopic (exact) mass is 335 g/mol. The molecule has 1 aliphatic heterocycles. The molecule has 0 bridgehead atoms. The summed E-state index contributed by atoms with van der Waals surface area (Å²) < 4.78 is 1.97. The van der Waals surface area contributed by atoms with Gasteiger partial charge in [0.1, 0.15) is 0 Å². The van der Waals surface area contributed by atoms with Crippen molar-refractivity contribution in [3.8, 4) is 0 Å². The van der Waals surface area contributed by atoms with E-state index in [2.05, 4.69) is 47.1 Å². The predicted octanol–water partition coefficient (Wildman–Crippen LogP) is 2.69. The van der Waals surface area contributed by atoms with Crippen LogP contribution in [0.4, 0.5) is 0 Å². The summed E-state index contributed by atoms with van der Waals surface area (Å²) in [5, 5.41) is 6.04. The second kappa shape index (κ2) is 6.94. The quantitative estimate of drug-likeness (QED) is 0.779. The van der Waals surface area contributed by atoms with Gasteiger partial charge in [0.25, 0.3) is 0 Å². The summed E-state index contributed by atoms with van der Waals surface area (Å²) in [6.07, 6.45) is 2.98. The summed E-state index contributed by atoms with van der Waals surface area (Å²) in [7, 11) is 0. The van der Waals surface area contributed by atoms with Crippen LogP contribution in [0.5, 0.6) is 0 Å². The van der Waals surface area contributed by atoms with Crippen LogP contribution in [0.1, 0.15) is 29.2 Å². The SMILES string of the molecule is Cc1cccc(CN2CC[C@@H](c3nn(CCN)c4ncccc34)C2)c1. The fourth-order valence-electron chi connectivity index (χ4n) is 3.88. The fraction of sp³-hybridized carbons (Fsp3) is 0.400. The lowest BCUT2D eigenvalue weighted by Gasteiger charge is -2.16. The number of rotatable bonds is 5. The third-order valence-electron chi connectivity index (χ3n) is 5.02. The van der Waals surface area contributed by atoms with E-state index in [1.165, 1.54) is 22.2 Å². The molecule has 25 heavy (non-hydrogen) atoms. The first-order valence-corrected chi connectivity index (χ1v) is 9.04. The average Bonchev–Trinajstić information content (AvgIpc) is 3.20. The molecule has 2 aromatic heterocycles. The van der Waals surface area contributed by atoms with Gasteiger partial charge in [-0.15, -0.1) is 0 Å². The van der Waals surface area contributed by atoms with Gasteiger partial charge in [-0.2, -0.15) is 5.10 Å². The van der Waals surface area contributed by atoms with Crippen molar-refractivity contribution < 1.29 is 0 Å². The highest BCUT2D eigenvalue weighted by Crippen LogP contribution is 2.31. The summed E-state index contributed by atoms with van der Waals surface area (Å²) in [6.45, 7) is 6.63. The van der Waals surface area contributed by atoms with Crippen LogP contribution < -0.4 is 5.73 Å². The van der Waals surface area contributed by atoms with Crippen molar-refractivity contribution in [2.45, 2.75) is 32.4 Å². The minimum absolute atomic E-state index is 0.468. The van der Waals surface area contributed by atoms with Crippen molar-refractivity contribution in [1.29, 1.82) is 0 Å². The Hall–Kier alpha value is -2.24. The lowest BCUT2D eigenvalue weighted by Crippen LogP contribution is -2.20. The van der Waals surface area contributed by atoms with E-state index in [1.54, 1.807) is 0 Å². The molecule has 1 aliphatic rings. The van der Waals surface area contributed by atoms with Gasteiger partial charge in [0.15, 0.2) is 5.65 Å². The molecule has 130 valence electrons. The van der Waals surface area contributed by atoms with Gasteiger partial charge in [0, 0.05) is 37.1 Å². The van der Waals surface area contributed by atoms with Crippen molar-refractivity contribution in [3.05, 3.63) is 59.4 Å². The van der Waals surface area contributed by atoms with Crippen LogP contribution in [0, 0.1) is 6.92 Å². The van der Waals surface area contributed by atoms with Crippen molar-refractivity contribution >= 4 is 11.0 Å². The van der Waals surface area contributed by atoms with Gasteiger partial charge in [-0.05, 0) is 37.6 Å². The normalized spacial score (nSPS) is 18.2. The second-order valence-corrected chi connectivity index (χ2v) is 6.98. The Morgan fingerprint density at radius 3 is 3.00 bits per heavy atom. The number of fused-ring (bicyclic) bond motifs is 1. The molecule has 1 atom stereocenters. The third kappa shape index (κ3) is 3.30. The molecule has 1 aromatic carbocycles. The minimum atomic E-state index is 0.468. The second-order valence-electron chi connectivity index (χ2n) is 6.98. The number of nitrogens with two attached hydrogens (primary N) is 1. The molecule has 0 saturated carbocycles. The highest BCUT2D eigenvalue weighted by atomic mass is 15.3. The van der Waals surface area contributed by atoms with Crippen LogP contribution in [0.3, 0.4) is 0 Å². The minimum Gasteiger partial charge on any atom is -0.329 e. The highest BCUT2D eigenvalue weighted by molar-refractivity contribution is 5.78. The van der Waals surface area contributed by atoms with Crippen LogP contribution >= 0.6 is 0 Å². The molecule has 1 saturated heterocycles. The third-order valence-corrected chi connectivity index (χ3v) is 5.02. The zero-order chi connectivity index (χ0) is 17.2. The molecule has 0 radical (unpaired) electrons. The van der Waals surface area contributed by atoms with Crippen molar-refractivity contribution in [3.63, 3.8) is 0 Å². The number of aryl methyl sites for hydroxylation is 1. The Morgan fingerprint density at radius 2 is 2.16 bits per heavy atom. The molecule has 1 fully saturated rings. The maximum absolute atomic E-state index is 5.74. The summed E-state index contributed by atoms with van der Waals surface area (Å²) >= 11 is 0. The first kappa shape index (κ1) is 16.2. The van der Waals surface area contributed by atoms with E-state index in [0.29, 0.717) is 19.0 Å².